The molecule has 118 valence electrons. The number of esters is 2. The molecule has 0 saturated heterocycles. The van der Waals surface area contributed by atoms with Crippen molar-refractivity contribution >= 4 is 17.9 Å². The molecule has 0 aromatic carbocycles. The molecule has 0 radical (unpaired) electrons. The average Bonchev–Trinajstić information content (AvgIpc) is 2.44. The fraction of sp³-hybridized carbons (Fsp3) is 0.667. The maximum atomic E-state index is 12.4. The quantitative estimate of drug-likeness (QED) is 0.596. The Kier molecular flexibility index (Phi) is 5.93. The fourth-order valence-corrected chi connectivity index (χ4v) is 2.44. The van der Waals surface area contributed by atoms with Gasteiger partial charge in [-0.1, -0.05) is 19.9 Å². The highest BCUT2D eigenvalue weighted by atomic mass is 16.6. The SMILES string of the molecule is C=C(C)C(=O)OC1(C(=O)OCCC)CCCCC1C(=O)O. The van der Waals surface area contributed by atoms with Crippen LogP contribution in [0.3, 0.4) is 0 Å². The smallest absolute Gasteiger partial charge is 0.351 e. The van der Waals surface area contributed by atoms with Crippen LogP contribution < -0.4 is 0 Å². The monoisotopic (exact) mass is 298 g/mol. The van der Waals surface area contributed by atoms with Crippen molar-refractivity contribution in [3.05, 3.63) is 12.2 Å². The molecule has 1 aliphatic rings. The van der Waals surface area contributed by atoms with Crippen molar-refractivity contribution in [2.75, 3.05) is 6.61 Å². The second kappa shape index (κ2) is 7.24. The minimum atomic E-state index is -1.74. The number of ether oxygens (including phenoxy) is 2. The summed E-state index contributed by atoms with van der Waals surface area (Å²) >= 11 is 0. The van der Waals surface area contributed by atoms with E-state index >= 15 is 0 Å². The summed E-state index contributed by atoms with van der Waals surface area (Å²) in [5.74, 6) is -3.78. The minimum absolute atomic E-state index is 0.118. The first-order chi connectivity index (χ1) is 9.85. The highest BCUT2D eigenvalue weighted by Gasteiger charge is 2.55. The Morgan fingerprint density at radius 2 is 2.00 bits per heavy atom. The van der Waals surface area contributed by atoms with Gasteiger partial charge in [0, 0.05) is 5.57 Å². The number of carboxylic acids is 1. The lowest BCUT2D eigenvalue weighted by atomic mass is 9.75. The number of hydrogen-bond acceptors (Lipinski definition) is 5. The van der Waals surface area contributed by atoms with E-state index in [4.69, 9.17) is 9.47 Å². The molecule has 1 saturated carbocycles. The van der Waals surface area contributed by atoms with E-state index in [0.717, 1.165) is 0 Å². The van der Waals surface area contributed by atoms with Gasteiger partial charge in [0.1, 0.15) is 5.92 Å². The predicted octanol–water partition coefficient (Wildman–Crippen LogP) is 2.07. The molecular formula is C15H22O6. The molecule has 0 aliphatic heterocycles. The van der Waals surface area contributed by atoms with E-state index in [1.807, 2.05) is 6.92 Å². The summed E-state index contributed by atoms with van der Waals surface area (Å²) in [4.78, 5) is 35.7. The van der Waals surface area contributed by atoms with Crippen LogP contribution in [-0.2, 0) is 23.9 Å². The molecule has 21 heavy (non-hydrogen) atoms. The number of carbonyl (C=O) groups excluding carboxylic acids is 2. The minimum Gasteiger partial charge on any atom is -0.481 e. The summed E-state index contributed by atoms with van der Waals surface area (Å²) in [6.45, 7) is 6.91. The topological polar surface area (TPSA) is 89.9 Å². The highest BCUT2D eigenvalue weighted by Crippen LogP contribution is 2.39. The van der Waals surface area contributed by atoms with Gasteiger partial charge in [-0.15, -0.1) is 0 Å². The molecule has 1 aliphatic carbocycles. The van der Waals surface area contributed by atoms with Gasteiger partial charge in [0.15, 0.2) is 0 Å². The van der Waals surface area contributed by atoms with Crippen LogP contribution in [0.2, 0.25) is 0 Å². The molecular weight excluding hydrogens is 276 g/mol. The molecule has 0 bridgehead atoms. The van der Waals surface area contributed by atoms with Crippen molar-refractivity contribution < 1.29 is 29.0 Å². The second-order valence-electron chi connectivity index (χ2n) is 5.33. The zero-order valence-electron chi connectivity index (χ0n) is 12.5. The number of hydrogen-bond donors (Lipinski definition) is 1. The van der Waals surface area contributed by atoms with Gasteiger partial charge in [-0.25, -0.2) is 9.59 Å². The fourth-order valence-electron chi connectivity index (χ4n) is 2.44. The molecule has 6 heteroatoms. The van der Waals surface area contributed by atoms with Crippen LogP contribution in [0.4, 0.5) is 0 Å². The van der Waals surface area contributed by atoms with E-state index in [0.29, 0.717) is 19.3 Å². The van der Waals surface area contributed by atoms with E-state index in [-0.39, 0.29) is 25.0 Å². The first-order valence-corrected chi connectivity index (χ1v) is 7.14. The van der Waals surface area contributed by atoms with E-state index in [1.165, 1.54) is 6.92 Å². The van der Waals surface area contributed by atoms with Gasteiger partial charge >= 0.3 is 17.9 Å². The van der Waals surface area contributed by atoms with Crippen LogP contribution in [0.1, 0.15) is 46.0 Å². The summed E-state index contributed by atoms with van der Waals surface area (Å²) in [7, 11) is 0. The third kappa shape index (κ3) is 3.83. The van der Waals surface area contributed by atoms with Crippen LogP contribution in [0.5, 0.6) is 0 Å². The molecule has 0 spiro atoms. The van der Waals surface area contributed by atoms with Crippen LogP contribution in [0.25, 0.3) is 0 Å². The maximum absolute atomic E-state index is 12.4. The normalized spacial score (nSPS) is 25.0. The van der Waals surface area contributed by atoms with Crippen molar-refractivity contribution in [1.82, 2.24) is 0 Å². The molecule has 1 N–H and O–H groups in total. The van der Waals surface area contributed by atoms with Crippen molar-refractivity contribution in [2.45, 2.75) is 51.6 Å². The first-order valence-electron chi connectivity index (χ1n) is 7.14. The lowest BCUT2D eigenvalue weighted by molar-refractivity contribution is -0.197. The Labute approximate surface area is 124 Å². The lowest BCUT2D eigenvalue weighted by Crippen LogP contribution is -2.55. The number of rotatable bonds is 6. The average molecular weight is 298 g/mol. The summed E-state index contributed by atoms with van der Waals surface area (Å²) < 4.78 is 10.4. The molecule has 2 atom stereocenters. The Hall–Kier alpha value is -1.85. The van der Waals surface area contributed by atoms with Crippen molar-refractivity contribution in [1.29, 1.82) is 0 Å². The van der Waals surface area contributed by atoms with Gasteiger partial charge in [-0.2, -0.15) is 0 Å². The first kappa shape index (κ1) is 17.2. The Bertz CT molecular complexity index is 441. The Morgan fingerprint density at radius 3 is 2.52 bits per heavy atom. The maximum Gasteiger partial charge on any atom is 0.351 e. The Morgan fingerprint density at radius 1 is 1.33 bits per heavy atom. The molecule has 1 rings (SSSR count). The molecule has 0 amide bonds. The lowest BCUT2D eigenvalue weighted by Gasteiger charge is -2.38. The van der Waals surface area contributed by atoms with Gasteiger partial charge < -0.3 is 14.6 Å². The van der Waals surface area contributed by atoms with Crippen LogP contribution in [0, 0.1) is 5.92 Å². The van der Waals surface area contributed by atoms with E-state index in [9.17, 15) is 19.5 Å². The van der Waals surface area contributed by atoms with Crippen LogP contribution in [-0.4, -0.2) is 35.2 Å². The Balaban J connectivity index is 3.12. The molecule has 6 nitrogen and oxygen atoms in total. The van der Waals surface area contributed by atoms with Gasteiger partial charge in [-0.05, 0) is 32.6 Å². The van der Waals surface area contributed by atoms with E-state index in [1.54, 1.807) is 0 Å². The van der Waals surface area contributed by atoms with Gasteiger partial charge in [0.25, 0.3) is 0 Å². The third-order valence-electron chi connectivity index (χ3n) is 3.56. The largest absolute Gasteiger partial charge is 0.481 e. The molecule has 0 aromatic rings. The molecule has 0 aromatic heterocycles. The van der Waals surface area contributed by atoms with Crippen molar-refractivity contribution in [3.8, 4) is 0 Å². The number of carboxylic acid groups (broad SMARTS) is 1. The van der Waals surface area contributed by atoms with Crippen molar-refractivity contribution in [3.63, 3.8) is 0 Å². The predicted molar refractivity (Wildman–Crippen MR) is 74.5 cm³/mol. The third-order valence-corrected chi connectivity index (χ3v) is 3.56. The van der Waals surface area contributed by atoms with Crippen molar-refractivity contribution in [2.24, 2.45) is 5.92 Å². The zero-order valence-corrected chi connectivity index (χ0v) is 12.5. The second-order valence-corrected chi connectivity index (χ2v) is 5.33. The van der Waals surface area contributed by atoms with Gasteiger partial charge in [0.2, 0.25) is 5.60 Å². The van der Waals surface area contributed by atoms with E-state index in [2.05, 4.69) is 6.58 Å². The molecule has 0 heterocycles. The van der Waals surface area contributed by atoms with Crippen LogP contribution >= 0.6 is 0 Å². The van der Waals surface area contributed by atoms with Crippen LogP contribution in [0.15, 0.2) is 12.2 Å². The number of aliphatic carboxylic acids is 1. The molecule has 2 unspecified atom stereocenters. The zero-order chi connectivity index (χ0) is 16.0. The molecule has 1 fully saturated rings. The summed E-state index contributed by atoms with van der Waals surface area (Å²) in [6.07, 6.45) is 2.32. The van der Waals surface area contributed by atoms with E-state index < -0.39 is 29.4 Å². The number of carbonyl (C=O) groups is 3. The van der Waals surface area contributed by atoms with Gasteiger partial charge in [0.05, 0.1) is 6.61 Å². The highest BCUT2D eigenvalue weighted by molar-refractivity contribution is 5.93. The summed E-state index contributed by atoms with van der Waals surface area (Å²) in [6, 6.07) is 0. The summed E-state index contributed by atoms with van der Waals surface area (Å²) in [5.41, 5.74) is -1.62. The van der Waals surface area contributed by atoms with Gasteiger partial charge in [-0.3, -0.25) is 4.79 Å². The standard InChI is InChI=1S/C15H22O6/c1-4-9-20-14(19)15(21-13(18)10(2)3)8-6-5-7-11(15)12(16)17/h11H,2,4-9H2,1,3H3,(H,16,17). The summed E-state index contributed by atoms with van der Waals surface area (Å²) in [5, 5.41) is 9.38.